The molecule has 0 aromatic heterocycles. The van der Waals surface area contributed by atoms with Gasteiger partial charge in [0.05, 0.1) is 5.56 Å². The summed E-state index contributed by atoms with van der Waals surface area (Å²) >= 11 is 0. The van der Waals surface area contributed by atoms with Gasteiger partial charge < -0.3 is 11.1 Å². The van der Waals surface area contributed by atoms with Gasteiger partial charge in [-0.25, -0.2) is 0 Å². The summed E-state index contributed by atoms with van der Waals surface area (Å²) in [7, 11) is 0. The van der Waals surface area contributed by atoms with Gasteiger partial charge in [0.2, 0.25) is 0 Å². The molecule has 1 aliphatic rings. The van der Waals surface area contributed by atoms with E-state index in [1.807, 2.05) is 12.1 Å². The topological polar surface area (TPSA) is 55.1 Å². The summed E-state index contributed by atoms with van der Waals surface area (Å²) in [4.78, 5) is 11.6. The largest absolute Gasteiger partial charge is 0.398 e. The molecule has 1 aliphatic heterocycles. The van der Waals surface area contributed by atoms with Crippen LogP contribution >= 0.6 is 0 Å². The van der Waals surface area contributed by atoms with Crippen molar-refractivity contribution in [3.8, 4) is 0 Å². The Morgan fingerprint density at radius 1 is 1.57 bits per heavy atom. The lowest BCUT2D eigenvalue weighted by molar-refractivity contribution is 0.0941. The summed E-state index contributed by atoms with van der Waals surface area (Å²) in [5, 5.41) is 2.86. The molecule has 0 radical (unpaired) electrons. The predicted octanol–water partition coefficient (Wildman–Crippen LogP) is 1.51. The first kappa shape index (κ1) is 9.06. The first-order chi connectivity index (χ1) is 6.74. The van der Waals surface area contributed by atoms with Crippen LogP contribution in [-0.4, -0.2) is 12.5 Å². The maximum absolute atomic E-state index is 11.6. The van der Waals surface area contributed by atoms with E-state index in [0.29, 0.717) is 17.2 Å². The van der Waals surface area contributed by atoms with Gasteiger partial charge in [0.1, 0.15) is 0 Å². The molecule has 2 rings (SSSR count). The number of carbonyl (C=O) groups excluding carboxylic acids is 1. The second-order valence-electron chi connectivity index (χ2n) is 3.63. The van der Waals surface area contributed by atoms with Gasteiger partial charge >= 0.3 is 0 Å². The van der Waals surface area contributed by atoms with E-state index >= 15 is 0 Å². The van der Waals surface area contributed by atoms with Gasteiger partial charge in [-0.1, -0.05) is 19.1 Å². The SMILES string of the molecule is CCC1CNC(=O)c2c(N)cccc21. The molecule has 3 nitrogen and oxygen atoms in total. The number of fused-ring (bicyclic) bond motifs is 1. The molecule has 0 saturated heterocycles. The summed E-state index contributed by atoms with van der Waals surface area (Å²) in [6.45, 7) is 2.85. The monoisotopic (exact) mass is 190 g/mol. The van der Waals surface area contributed by atoms with Crippen LogP contribution < -0.4 is 11.1 Å². The van der Waals surface area contributed by atoms with Gasteiger partial charge in [0.15, 0.2) is 0 Å². The van der Waals surface area contributed by atoms with E-state index < -0.39 is 0 Å². The molecule has 14 heavy (non-hydrogen) atoms. The number of hydrogen-bond acceptors (Lipinski definition) is 2. The van der Waals surface area contributed by atoms with E-state index in [4.69, 9.17) is 5.73 Å². The third-order valence-electron chi connectivity index (χ3n) is 2.80. The van der Waals surface area contributed by atoms with Gasteiger partial charge in [-0.05, 0) is 18.1 Å². The molecule has 1 atom stereocenters. The average Bonchev–Trinajstić information content (AvgIpc) is 2.18. The summed E-state index contributed by atoms with van der Waals surface area (Å²) in [5.74, 6) is 0.369. The molecule has 0 bridgehead atoms. The molecular formula is C11H14N2O. The Bertz CT molecular complexity index is 374. The van der Waals surface area contributed by atoms with Gasteiger partial charge in [-0.15, -0.1) is 0 Å². The smallest absolute Gasteiger partial charge is 0.253 e. The quantitative estimate of drug-likeness (QED) is 0.659. The molecule has 74 valence electrons. The standard InChI is InChI=1S/C11H14N2O/c1-2-7-6-13-11(14)10-8(7)4-3-5-9(10)12/h3-5,7H,2,6,12H2,1H3,(H,13,14). The highest BCUT2D eigenvalue weighted by atomic mass is 16.1. The summed E-state index contributed by atoms with van der Waals surface area (Å²) < 4.78 is 0. The molecule has 1 amide bonds. The Hall–Kier alpha value is -1.51. The zero-order valence-electron chi connectivity index (χ0n) is 8.21. The molecule has 1 aromatic carbocycles. The summed E-state index contributed by atoms with van der Waals surface area (Å²) in [6.07, 6.45) is 1.02. The highest BCUT2D eigenvalue weighted by Crippen LogP contribution is 2.29. The Kier molecular flexibility index (Phi) is 2.15. The minimum Gasteiger partial charge on any atom is -0.398 e. The van der Waals surface area contributed by atoms with Crippen LogP contribution in [0.5, 0.6) is 0 Å². The molecule has 1 aromatic rings. The third-order valence-corrected chi connectivity index (χ3v) is 2.80. The second-order valence-corrected chi connectivity index (χ2v) is 3.63. The van der Waals surface area contributed by atoms with Crippen molar-refractivity contribution < 1.29 is 4.79 Å². The van der Waals surface area contributed by atoms with Crippen molar-refractivity contribution >= 4 is 11.6 Å². The first-order valence-electron chi connectivity index (χ1n) is 4.90. The Morgan fingerprint density at radius 2 is 2.36 bits per heavy atom. The van der Waals surface area contributed by atoms with E-state index in [9.17, 15) is 4.79 Å². The van der Waals surface area contributed by atoms with Crippen LogP contribution in [0.2, 0.25) is 0 Å². The van der Waals surface area contributed by atoms with Crippen molar-refractivity contribution in [2.24, 2.45) is 0 Å². The maximum atomic E-state index is 11.6. The molecule has 0 spiro atoms. The van der Waals surface area contributed by atoms with Crippen molar-refractivity contribution in [2.75, 3.05) is 12.3 Å². The molecule has 1 heterocycles. The lowest BCUT2D eigenvalue weighted by atomic mass is 9.88. The van der Waals surface area contributed by atoms with Crippen molar-refractivity contribution in [3.63, 3.8) is 0 Å². The molecule has 1 unspecified atom stereocenters. The van der Waals surface area contributed by atoms with Crippen LogP contribution in [0.3, 0.4) is 0 Å². The lowest BCUT2D eigenvalue weighted by Gasteiger charge is -2.25. The number of nitrogen functional groups attached to an aromatic ring is 1. The minimum atomic E-state index is -0.0391. The Morgan fingerprint density at radius 3 is 3.07 bits per heavy atom. The third kappa shape index (κ3) is 1.25. The number of nitrogens with two attached hydrogens (primary N) is 1. The highest BCUT2D eigenvalue weighted by Gasteiger charge is 2.25. The number of anilines is 1. The molecule has 3 heteroatoms. The zero-order chi connectivity index (χ0) is 10.1. The van der Waals surface area contributed by atoms with Gasteiger partial charge in [-0.2, -0.15) is 0 Å². The van der Waals surface area contributed by atoms with Gasteiger partial charge in [0.25, 0.3) is 5.91 Å². The number of nitrogens with one attached hydrogen (secondary N) is 1. The van der Waals surface area contributed by atoms with Crippen molar-refractivity contribution in [2.45, 2.75) is 19.3 Å². The number of rotatable bonds is 1. The maximum Gasteiger partial charge on any atom is 0.253 e. The van der Waals surface area contributed by atoms with Crippen molar-refractivity contribution in [1.82, 2.24) is 5.32 Å². The average molecular weight is 190 g/mol. The second kappa shape index (κ2) is 3.33. The molecule has 0 aliphatic carbocycles. The van der Waals surface area contributed by atoms with E-state index in [1.54, 1.807) is 6.07 Å². The van der Waals surface area contributed by atoms with Crippen LogP contribution in [-0.2, 0) is 0 Å². The Balaban J connectivity index is 2.56. The van der Waals surface area contributed by atoms with E-state index in [0.717, 1.165) is 18.5 Å². The Labute approximate surface area is 83.3 Å². The lowest BCUT2D eigenvalue weighted by Crippen LogP contribution is -2.35. The first-order valence-corrected chi connectivity index (χ1v) is 4.90. The number of benzene rings is 1. The summed E-state index contributed by atoms with van der Waals surface area (Å²) in [5.41, 5.74) is 8.14. The fraction of sp³-hybridized carbons (Fsp3) is 0.364. The molecule has 0 fully saturated rings. The number of hydrogen-bond donors (Lipinski definition) is 2. The fourth-order valence-corrected chi connectivity index (χ4v) is 1.97. The van der Waals surface area contributed by atoms with E-state index in [1.165, 1.54) is 0 Å². The fourth-order valence-electron chi connectivity index (χ4n) is 1.97. The molecular weight excluding hydrogens is 176 g/mol. The zero-order valence-corrected chi connectivity index (χ0v) is 8.21. The van der Waals surface area contributed by atoms with Crippen LogP contribution in [0.1, 0.15) is 35.2 Å². The molecule has 0 saturated carbocycles. The van der Waals surface area contributed by atoms with Crippen molar-refractivity contribution in [3.05, 3.63) is 29.3 Å². The minimum absolute atomic E-state index is 0.0391. The van der Waals surface area contributed by atoms with Crippen LogP contribution in [0.4, 0.5) is 5.69 Å². The van der Waals surface area contributed by atoms with Crippen LogP contribution in [0, 0.1) is 0 Å². The van der Waals surface area contributed by atoms with Gasteiger partial charge in [0, 0.05) is 18.2 Å². The predicted molar refractivity (Wildman–Crippen MR) is 56.2 cm³/mol. The van der Waals surface area contributed by atoms with E-state index in [-0.39, 0.29) is 5.91 Å². The number of carbonyl (C=O) groups is 1. The van der Waals surface area contributed by atoms with Crippen LogP contribution in [0.25, 0.3) is 0 Å². The van der Waals surface area contributed by atoms with Crippen LogP contribution in [0.15, 0.2) is 18.2 Å². The normalized spacial score (nSPS) is 20.1. The van der Waals surface area contributed by atoms with Crippen molar-refractivity contribution in [1.29, 1.82) is 0 Å². The van der Waals surface area contributed by atoms with E-state index in [2.05, 4.69) is 12.2 Å². The number of amides is 1. The molecule has 3 N–H and O–H groups in total. The summed E-state index contributed by atoms with van der Waals surface area (Å²) in [6, 6.07) is 5.68. The van der Waals surface area contributed by atoms with Gasteiger partial charge in [-0.3, -0.25) is 4.79 Å². The highest BCUT2D eigenvalue weighted by molar-refractivity contribution is 6.01.